The maximum absolute atomic E-state index is 11.4. The van der Waals surface area contributed by atoms with E-state index in [1.807, 2.05) is 64.1 Å². The molecule has 0 atom stereocenters. The lowest BCUT2D eigenvalue weighted by Crippen LogP contribution is -2.14. The van der Waals surface area contributed by atoms with Crippen LogP contribution in [0.3, 0.4) is 0 Å². The van der Waals surface area contributed by atoms with Crippen molar-refractivity contribution in [2.45, 2.75) is 53.8 Å². The molecule has 0 aliphatic heterocycles. The summed E-state index contributed by atoms with van der Waals surface area (Å²) < 4.78 is 18.7. The molecule has 0 aliphatic carbocycles. The van der Waals surface area contributed by atoms with Gasteiger partial charge in [-0.25, -0.2) is 9.97 Å². The molecular formula is C34H37ClN8O5S2. The van der Waals surface area contributed by atoms with Crippen LogP contribution in [-0.2, 0) is 9.59 Å². The molecule has 3 heterocycles. The number of carbonyl (C=O) groups is 2. The van der Waals surface area contributed by atoms with E-state index >= 15 is 0 Å². The highest BCUT2D eigenvalue weighted by Gasteiger charge is 2.19. The summed E-state index contributed by atoms with van der Waals surface area (Å²) in [5, 5.41) is 32.6. The van der Waals surface area contributed by atoms with Crippen LogP contribution < -0.4 is 30.7 Å². The maximum atomic E-state index is 11.4. The van der Waals surface area contributed by atoms with Crippen molar-refractivity contribution in [1.29, 1.82) is 10.8 Å². The van der Waals surface area contributed by atoms with Crippen LogP contribution in [-0.4, -0.2) is 45.7 Å². The summed E-state index contributed by atoms with van der Waals surface area (Å²) >= 11 is 2.48. The third-order valence-corrected chi connectivity index (χ3v) is 7.97. The van der Waals surface area contributed by atoms with E-state index in [1.54, 1.807) is 22.9 Å². The molecule has 6 N–H and O–H groups in total. The van der Waals surface area contributed by atoms with Crippen molar-refractivity contribution in [3.63, 3.8) is 0 Å². The molecule has 0 unspecified atom stereocenters. The maximum Gasteiger partial charge on any atom is 0.223 e. The van der Waals surface area contributed by atoms with E-state index in [2.05, 4.69) is 31.2 Å². The first-order valence-electron chi connectivity index (χ1n) is 15.2. The highest BCUT2D eigenvalue weighted by Crippen LogP contribution is 2.40. The second-order valence-corrected chi connectivity index (χ2v) is 13.1. The average Bonchev–Trinajstić information content (AvgIpc) is 3.78. The predicted octanol–water partition coefficient (Wildman–Crippen LogP) is 8.31. The number of aromatic nitrogens is 2. The largest absolute Gasteiger partial charge is 0.490 e. The number of hydrogen-bond acceptors (Lipinski definition) is 11. The van der Waals surface area contributed by atoms with Crippen LogP contribution in [0.25, 0.3) is 22.6 Å². The van der Waals surface area contributed by atoms with E-state index in [-0.39, 0.29) is 48.1 Å². The zero-order valence-corrected chi connectivity index (χ0v) is 30.5. The predicted molar refractivity (Wildman–Crippen MR) is 202 cm³/mol. The van der Waals surface area contributed by atoms with Crippen LogP contribution in [0.1, 0.15) is 52.9 Å². The van der Waals surface area contributed by atoms with Gasteiger partial charge in [0.05, 0.1) is 23.3 Å². The van der Waals surface area contributed by atoms with E-state index in [9.17, 15) is 9.59 Å². The lowest BCUT2D eigenvalue weighted by Gasteiger charge is -2.16. The van der Waals surface area contributed by atoms with Crippen molar-refractivity contribution in [3.05, 3.63) is 70.7 Å². The molecule has 50 heavy (non-hydrogen) atoms. The zero-order chi connectivity index (χ0) is 35.2. The molecule has 0 fully saturated rings. The summed E-state index contributed by atoms with van der Waals surface area (Å²) in [6.07, 6.45) is -0.263. The topological polar surface area (TPSA) is 187 Å². The number of nitrogens with one attached hydrogen (secondary N) is 6. The third-order valence-electron chi connectivity index (χ3n) is 6.45. The number of benzene rings is 2. The Bertz CT molecular complexity index is 1880. The van der Waals surface area contributed by atoms with E-state index in [0.717, 1.165) is 11.1 Å². The van der Waals surface area contributed by atoms with Gasteiger partial charge in [0, 0.05) is 48.1 Å². The van der Waals surface area contributed by atoms with Crippen LogP contribution in [0.2, 0.25) is 0 Å². The van der Waals surface area contributed by atoms with Gasteiger partial charge in [0.1, 0.15) is 46.1 Å². The Labute approximate surface area is 303 Å². The Morgan fingerprint density at radius 2 is 1.08 bits per heavy atom. The minimum absolute atomic E-state index is 0. The van der Waals surface area contributed by atoms with E-state index in [4.69, 9.17) is 24.7 Å². The lowest BCUT2D eigenvalue weighted by atomic mass is 10.1. The zero-order valence-electron chi connectivity index (χ0n) is 28.1. The first kappa shape index (κ1) is 37.6. The van der Waals surface area contributed by atoms with Gasteiger partial charge in [0.25, 0.3) is 0 Å². The van der Waals surface area contributed by atoms with Gasteiger partial charge in [-0.1, -0.05) is 0 Å². The van der Waals surface area contributed by atoms with Crippen LogP contribution in [0.4, 0.5) is 21.6 Å². The Balaban J connectivity index is 0.00000562. The summed E-state index contributed by atoms with van der Waals surface area (Å²) in [7, 11) is 0. The Kier molecular flexibility index (Phi) is 12.3. The van der Waals surface area contributed by atoms with Crippen LogP contribution in [0, 0.1) is 10.8 Å². The second kappa shape index (κ2) is 16.4. The molecule has 0 saturated carbocycles. The fourth-order valence-corrected chi connectivity index (χ4v) is 6.04. The van der Waals surface area contributed by atoms with Gasteiger partial charge >= 0.3 is 0 Å². The molecule has 5 rings (SSSR count). The molecule has 0 aliphatic rings. The monoisotopic (exact) mass is 736 g/mol. The molecule has 16 heteroatoms. The van der Waals surface area contributed by atoms with Crippen molar-refractivity contribution in [2.75, 3.05) is 21.3 Å². The highest BCUT2D eigenvalue weighted by atomic mass is 35.5. The average molecular weight is 737 g/mol. The van der Waals surface area contributed by atoms with Crippen molar-refractivity contribution in [2.24, 2.45) is 0 Å². The first-order chi connectivity index (χ1) is 23.3. The number of amides is 2. The van der Waals surface area contributed by atoms with Gasteiger partial charge < -0.3 is 35.2 Å². The minimum atomic E-state index is -0.228. The first-order valence-corrected chi connectivity index (χ1v) is 17.0. The van der Waals surface area contributed by atoms with Gasteiger partial charge in [-0.15, -0.1) is 35.1 Å². The molecule has 2 aromatic carbocycles. The molecule has 0 radical (unpaired) electrons. The Hall–Kier alpha value is -5.25. The number of nitrogens with zero attached hydrogens (tertiary/aromatic N) is 2. The summed E-state index contributed by atoms with van der Waals surface area (Å²) in [5.41, 5.74) is 3.48. The number of furan rings is 1. The second-order valence-electron chi connectivity index (χ2n) is 11.4. The molecule has 0 spiro atoms. The van der Waals surface area contributed by atoms with Gasteiger partial charge in [-0.05, 0) is 64.1 Å². The molecule has 13 nitrogen and oxygen atoms in total. The normalized spacial score (nSPS) is 10.7. The van der Waals surface area contributed by atoms with Gasteiger partial charge in [-0.2, -0.15) is 0 Å². The summed E-state index contributed by atoms with van der Waals surface area (Å²) in [5.74, 6) is 1.96. The van der Waals surface area contributed by atoms with Crippen molar-refractivity contribution >= 4 is 80.2 Å². The van der Waals surface area contributed by atoms with Crippen LogP contribution in [0.5, 0.6) is 11.5 Å². The Morgan fingerprint density at radius 1 is 0.680 bits per heavy atom. The molecule has 5 aromatic rings. The van der Waals surface area contributed by atoms with E-state index in [0.29, 0.717) is 56.0 Å². The third kappa shape index (κ3) is 9.68. The van der Waals surface area contributed by atoms with Crippen molar-refractivity contribution in [3.8, 4) is 34.1 Å². The standard InChI is InChI=1S/C34H36N8O5S2.ClH/c1-17(2)45-29-13-21(39-31(35)25-15-48-33(41-25)37-19(5)43)7-9-23(29)27-11-12-28(47-27)24-10-8-22(14-30(24)46-18(3)4)40-32(36)26-16-49-34(42-26)38-20(6)44;/h7-18H,1-6H3,(H2,35,39)(H2,36,40)(H,37,41,43)(H,38,42,44);1H. The van der Waals surface area contributed by atoms with Gasteiger partial charge in [0.2, 0.25) is 11.8 Å². The number of amidine groups is 2. The highest BCUT2D eigenvalue weighted by molar-refractivity contribution is 7.14. The van der Waals surface area contributed by atoms with Crippen LogP contribution >= 0.6 is 35.1 Å². The van der Waals surface area contributed by atoms with Crippen molar-refractivity contribution < 1.29 is 23.5 Å². The number of ether oxygens (including phenoxy) is 2. The smallest absolute Gasteiger partial charge is 0.223 e. The molecule has 2 amide bonds. The number of hydrogen-bond donors (Lipinski definition) is 6. The number of rotatable bonds is 12. The fraction of sp³-hybridized carbons (Fsp3) is 0.235. The number of anilines is 4. The molecule has 0 bridgehead atoms. The molecule has 3 aromatic heterocycles. The minimum Gasteiger partial charge on any atom is -0.490 e. The molecular weight excluding hydrogens is 700 g/mol. The number of thiazole rings is 2. The molecule has 0 saturated heterocycles. The SMILES string of the molecule is CC(=O)Nc1nc(C(=N)Nc2ccc(-c3ccc(-c4ccc(NC(=N)c5csc(NC(C)=O)n5)cc4OC(C)C)o3)c(OC(C)C)c2)cs1.Cl. The van der Waals surface area contributed by atoms with Crippen LogP contribution in [0.15, 0.2) is 63.7 Å². The summed E-state index contributed by atoms with van der Waals surface area (Å²) in [6, 6.07) is 14.7. The molecule has 262 valence electrons. The van der Waals surface area contributed by atoms with E-state index in [1.165, 1.54) is 36.5 Å². The van der Waals surface area contributed by atoms with Gasteiger partial charge in [-0.3, -0.25) is 20.4 Å². The summed E-state index contributed by atoms with van der Waals surface area (Å²) in [4.78, 5) is 31.3. The Morgan fingerprint density at radius 3 is 1.44 bits per heavy atom. The fourth-order valence-electron chi connectivity index (χ4n) is 4.55. The van der Waals surface area contributed by atoms with Gasteiger partial charge in [0.15, 0.2) is 10.3 Å². The van der Waals surface area contributed by atoms with E-state index < -0.39 is 0 Å². The van der Waals surface area contributed by atoms with Crippen molar-refractivity contribution in [1.82, 2.24) is 9.97 Å². The number of carbonyl (C=O) groups excluding carboxylic acids is 2. The quantitative estimate of drug-likeness (QED) is 0.0541. The number of halogens is 1. The lowest BCUT2D eigenvalue weighted by molar-refractivity contribution is -0.115. The summed E-state index contributed by atoms with van der Waals surface area (Å²) in [6.45, 7) is 10.5.